The first-order valence-electron chi connectivity index (χ1n) is 8.04. The molecule has 6 heteroatoms. The molecule has 2 rings (SSSR count). The lowest BCUT2D eigenvalue weighted by Gasteiger charge is -2.46. The number of rotatable bonds is 4. The van der Waals surface area contributed by atoms with E-state index in [-0.39, 0.29) is 29.7 Å². The van der Waals surface area contributed by atoms with E-state index in [1.165, 1.54) is 0 Å². The Balaban J connectivity index is 1.81. The highest BCUT2D eigenvalue weighted by Crippen LogP contribution is 2.26. The highest BCUT2D eigenvalue weighted by molar-refractivity contribution is 6.07. The van der Waals surface area contributed by atoms with Crippen LogP contribution in [0.15, 0.2) is 0 Å². The molecule has 22 heavy (non-hydrogen) atoms. The Bertz CT molecular complexity index is 450. The second-order valence-corrected chi connectivity index (χ2v) is 7.20. The number of carbonyl (C=O) groups excluding carboxylic acids is 2. The lowest BCUT2D eigenvalue weighted by Crippen LogP contribution is -2.61. The molecule has 124 valence electrons. The summed E-state index contributed by atoms with van der Waals surface area (Å²) in [6.45, 7) is 8.08. The summed E-state index contributed by atoms with van der Waals surface area (Å²) in [5.41, 5.74) is -0.00181. The Morgan fingerprint density at radius 1 is 1.23 bits per heavy atom. The molecule has 0 aromatic carbocycles. The third-order valence-electron chi connectivity index (χ3n) is 4.53. The van der Waals surface area contributed by atoms with Gasteiger partial charge in [-0.2, -0.15) is 0 Å². The van der Waals surface area contributed by atoms with Crippen LogP contribution >= 0.6 is 0 Å². The van der Waals surface area contributed by atoms with Crippen molar-refractivity contribution < 1.29 is 14.3 Å². The van der Waals surface area contributed by atoms with E-state index in [1.54, 1.807) is 0 Å². The molecule has 1 atom stereocenters. The van der Waals surface area contributed by atoms with E-state index in [1.807, 2.05) is 20.8 Å². The molecule has 2 amide bonds. The molecule has 2 heterocycles. The van der Waals surface area contributed by atoms with Crippen LogP contribution in [-0.2, 0) is 14.3 Å². The minimum atomic E-state index is -0.372. The van der Waals surface area contributed by atoms with Gasteiger partial charge >= 0.3 is 0 Å². The van der Waals surface area contributed by atoms with Crippen molar-refractivity contribution in [2.45, 2.75) is 58.5 Å². The molecular weight excluding hydrogens is 282 g/mol. The van der Waals surface area contributed by atoms with Crippen LogP contribution in [0.2, 0.25) is 0 Å². The molecule has 0 saturated carbocycles. The smallest absolute Gasteiger partial charge is 0.243 e. The van der Waals surface area contributed by atoms with Gasteiger partial charge in [-0.3, -0.25) is 19.8 Å². The first kappa shape index (κ1) is 17.1. The molecule has 2 saturated heterocycles. The van der Waals surface area contributed by atoms with Gasteiger partial charge in [-0.25, -0.2) is 0 Å². The first-order valence-corrected chi connectivity index (χ1v) is 8.04. The van der Waals surface area contributed by atoms with Gasteiger partial charge in [0.25, 0.3) is 0 Å². The lowest BCUT2D eigenvalue weighted by molar-refractivity contribution is -0.139. The summed E-state index contributed by atoms with van der Waals surface area (Å²) >= 11 is 0. The van der Waals surface area contributed by atoms with E-state index >= 15 is 0 Å². The second-order valence-electron chi connectivity index (χ2n) is 7.20. The summed E-state index contributed by atoms with van der Waals surface area (Å²) in [6.07, 6.45) is 2.69. The van der Waals surface area contributed by atoms with Crippen LogP contribution < -0.4 is 5.32 Å². The minimum Gasteiger partial charge on any atom is -0.381 e. The van der Waals surface area contributed by atoms with E-state index in [0.717, 1.165) is 39.0 Å². The summed E-state index contributed by atoms with van der Waals surface area (Å²) in [4.78, 5) is 26.4. The van der Waals surface area contributed by atoms with Crippen molar-refractivity contribution in [1.29, 1.82) is 5.41 Å². The highest BCUT2D eigenvalue weighted by Gasteiger charge is 2.39. The number of hydrogen-bond acceptors (Lipinski definition) is 5. The van der Waals surface area contributed by atoms with Crippen molar-refractivity contribution in [3.63, 3.8) is 0 Å². The zero-order valence-corrected chi connectivity index (χ0v) is 13.8. The van der Waals surface area contributed by atoms with E-state index in [2.05, 4.69) is 10.2 Å². The Hall–Kier alpha value is -1.27. The summed E-state index contributed by atoms with van der Waals surface area (Å²) in [7, 11) is 0. The number of amides is 2. The van der Waals surface area contributed by atoms with Gasteiger partial charge in [-0.15, -0.1) is 0 Å². The van der Waals surface area contributed by atoms with Crippen LogP contribution in [0.4, 0.5) is 0 Å². The molecule has 1 unspecified atom stereocenters. The number of hydrogen-bond donors (Lipinski definition) is 2. The van der Waals surface area contributed by atoms with Gasteiger partial charge in [0.1, 0.15) is 0 Å². The molecule has 6 nitrogen and oxygen atoms in total. The quantitative estimate of drug-likeness (QED) is 0.768. The maximum atomic E-state index is 12.2. The van der Waals surface area contributed by atoms with Gasteiger partial charge in [-0.1, -0.05) is 20.8 Å². The van der Waals surface area contributed by atoms with Gasteiger partial charge in [0, 0.05) is 36.9 Å². The van der Waals surface area contributed by atoms with Crippen molar-refractivity contribution in [3.8, 4) is 0 Å². The van der Waals surface area contributed by atoms with E-state index in [9.17, 15) is 9.59 Å². The van der Waals surface area contributed by atoms with Crippen LogP contribution in [0.3, 0.4) is 0 Å². The molecule has 0 aromatic heterocycles. The molecule has 2 aliphatic rings. The summed E-state index contributed by atoms with van der Waals surface area (Å²) < 4.78 is 5.35. The summed E-state index contributed by atoms with van der Waals surface area (Å²) in [5, 5.41) is 10.3. The summed E-state index contributed by atoms with van der Waals surface area (Å²) in [5.74, 6) is -0.590. The fraction of sp³-hybridized carbons (Fsp3) is 0.812. The zero-order chi connectivity index (χ0) is 16.3. The molecule has 0 aromatic rings. The van der Waals surface area contributed by atoms with Gasteiger partial charge in [0.05, 0.1) is 12.5 Å². The predicted octanol–water partition coefficient (Wildman–Crippen LogP) is 1.34. The van der Waals surface area contributed by atoms with Gasteiger partial charge in [0.15, 0.2) is 0 Å². The number of carbonyl (C=O) groups is 2. The van der Waals surface area contributed by atoms with Crippen molar-refractivity contribution in [2.24, 2.45) is 5.41 Å². The van der Waals surface area contributed by atoms with E-state index in [4.69, 9.17) is 10.1 Å². The predicted molar refractivity (Wildman–Crippen MR) is 83.9 cm³/mol. The molecule has 0 radical (unpaired) electrons. The van der Waals surface area contributed by atoms with Crippen LogP contribution in [0.25, 0.3) is 0 Å². The Morgan fingerprint density at radius 3 is 2.36 bits per heavy atom. The zero-order valence-electron chi connectivity index (χ0n) is 13.8. The standard InChI is InChI=1S/C16H27N3O3/c1-16(2,3)13(17)10-14(20)18-15(21)12-4-7-19(12)11-5-8-22-9-6-11/h11-12,17H,4-10H2,1-3H3,(H,18,20,21). The number of nitrogens with zero attached hydrogens (tertiary/aromatic N) is 1. The summed E-state index contributed by atoms with van der Waals surface area (Å²) in [6, 6.07) is 0.192. The second kappa shape index (κ2) is 6.87. The van der Waals surface area contributed by atoms with Crippen molar-refractivity contribution >= 4 is 17.5 Å². The van der Waals surface area contributed by atoms with Crippen LogP contribution in [-0.4, -0.2) is 54.3 Å². The van der Waals surface area contributed by atoms with Gasteiger partial charge < -0.3 is 10.1 Å². The molecule has 0 bridgehead atoms. The average Bonchev–Trinajstić information content (AvgIpc) is 2.37. The third kappa shape index (κ3) is 4.14. The number of nitrogens with one attached hydrogen (secondary N) is 2. The number of likely N-dealkylation sites (tertiary alicyclic amines) is 1. The van der Waals surface area contributed by atoms with Crippen LogP contribution in [0.5, 0.6) is 0 Å². The normalized spacial score (nSPS) is 23.7. The lowest BCUT2D eigenvalue weighted by atomic mass is 9.88. The number of ether oxygens (including phenoxy) is 1. The minimum absolute atomic E-state index is 0.0147. The maximum Gasteiger partial charge on any atom is 0.243 e. The van der Waals surface area contributed by atoms with Gasteiger partial charge in [0.2, 0.25) is 11.8 Å². The Kier molecular flexibility index (Phi) is 5.34. The SMILES string of the molecule is CC(C)(C)C(=N)CC(=O)NC(=O)C1CCN1C1CCOCC1. The molecule has 2 aliphatic heterocycles. The van der Waals surface area contributed by atoms with Crippen molar-refractivity contribution in [1.82, 2.24) is 10.2 Å². The molecule has 0 spiro atoms. The Morgan fingerprint density at radius 2 is 1.86 bits per heavy atom. The van der Waals surface area contributed by atoms with Crippen molar-refractivity contribution in [3.05, 3.63) is 0 Å². The third-order valence-corrected chi connectivity index (χ3v) is 4.53. The topological polar surface area (TPSA) is 82.5 Å². The largest absolute Gasteiger partial charge is 0.381 e. The highest BCUT2D eigenvalue weighted by atomic mass is 16.5. The fourth-order valence-electron chi connectivity index (χ4n) is 2.83. The molecular formula is C16H27N3O3. The fourth-order valence-corrected chi connectivity index (χ4v) is 2.83. The monoisotopic (exact) mass is 309 g/mol. The molecule has 2 fully saturated rings. The van der Waals surface area contributed by atoms with Crippen LogP contribution in [0.1, 0.15) is 46.5 Å². The van der Waals surface area contributed by atoms with E-state index < -0.39 is 0 Å². The molecule has 0 aliphatic carbocycles. The van der Waals surface area contributed by atoms with Gasteiger partial charge in [-0.05, 0) is 19.3 Å². The Labute approximate surface area is 132 Å². The molecule has 2 N–H and O–H groups in total. The maximum absolute atomic E-state index is 12.2. The van der Waals surface area contributed by atoms with E-state index in [0.29, 0.717) is 11.8 Å². The first-order chi connectivity index (χ1) is 10.3. The van der Waals surface area contributed by atoms with Crippen LogP contribution in [0, 0.1) is 10.8 Å². The van der Waals surface area contributed by atoms with Crippen molar-refractivity contribution in [2.75, 3.05) is 19.8 Å². The average molecular weight is 309 g/mol. The number of imide groups is 1.